The van der Waals surface area contributed by atoms with Gasteiger partial charge in [0.25, 0.3) is 5.91 Å². The van der Waals surface area contributed by atoms with Gasteiger partial charge in [-0.3, -0.25) is 4.79 Å². The maximum atomic E-state index is 12.5. The first kappa shape index (κ1) is 22.0. The molecule has 0 bridgehead atoms. The smallest absolute Gasteiger partial charge is 0.283 e. The molecule has 0 fully saturated rings. The van der Waals surface area contributed by atoms with E-state index in [0.29, 0.717) is 47.1 Å². The number of nitrogens with zero attached hydrogens (tertiary/aromatic N) is 3. The number of aryl methyl sites for hydroxylation is 1. The summed E-state index contributed by atoms with van der Waals surface area (Å²) in [5, 5.41) is 0.534. The number of rotatable bonds is 8. The highest BCUT2D eigenvalue weighted by atomic mass is 35.5. The van der Waals surface area contributed by atoms with Crippen LogP contribution in [0.5, 0.6) is 5.75 Å². The number of halogens is 1. The molecule has 160 valence electrons. The quantitative estimate of drug-likeness (QED) is 0.564. The second-order valence-electron chi connectivity index (χ2n) is 6.85. The Bertz CT molecular complexity index is 1190. The fourth-order valence-corrected chi connectivity index (χ4v) is 4.35. The lowest BCUT2D eigenvalue weighted by Crippen LogP contribution is -2.33. The summed E-state index contributed by atoms with van der Waals surface area (Å²) in [6.45, 7) is 4.09. The Morgan fingerprint density at radius 3 is 2.67 bits per heavy atom. The van der Waals surface area contributed by atoms with Gasteiger partial charge in [0.05, 0.1) is 19.4 Å². The van der Waals surface area contributed by atoms with E-state index < -0.39 is 15.9 Å². The summed E-state index contributed by atoms with van der Waals surface area (Å²) in [6.07, 6.45) is 1.19. The number of pyridine rings is 1. The van der Waals surface area contributed by atoms with E-state index >= 15 is 0 Å². The third-order valence-corrected chi connectivity index (χ3v) is 6.29. The molecule has 1 aromatic carbocycles. The number of hydrogen-bond donors (Lipinski definition) is 1. The predicted molar refractivity (Wildman–Crippen MR) is 116 cm³/mol. The fraction of sp³-hybridized carbons (Fsp3) is 0.350. The highest BCUT2D eigenvalue weighted by molar-refractivity contribution is 7.90. The number of nitrogens with one attached hydrogen (secondary N) is 1. The van der Waals surface area contributed by atoms with E-state index in [2.05, 4.69) is 14.7 Å². The molecule has 2 heterocycles. The van der Waals surface area contributed by atoms with E-state index in [1.165, 1.54) is 6.07 Å². The topological polar surface area (TPSA) is 103 Å². The normalized spacial score (nSPS) is 11.6. The van der Waals surface area contributed by atoms with Gasteiger partial charge in [0.2, 0.25) is 10.0 Å². The zero-order valence-electron chi connectivity index (χ0n) is 17.0. The van der Waals surface area contributed by atoms with Gasteiger partial charge in [0.1, 0.15) is 22.8 Å². The van der Waals surface area contributed by atoms with Crippen molar-refractivity contribution in [1.29, 1.82) is 0 Å². The minimum absolute atomic E-state index is 0.00421. The molecule has 0 aliphatic carbocycles. The lowest BCUT2D eigenvalue weighted by atomic mass is 10.2. The standard InChI is InChI=1S/C20H23ClN4O4S/c1-4-5-10-30(27,28)24-20(26)18-9-8-17-19(23-18)25(13(2)22-17)12-14-6-7-15(29-3)11-16(14)21/h6-9,11H,4-5,10,12H2,1-3H3,(H,24,26). The zero-order valence-corrected chi connectivity index (χ0v) is 18.5. The van der Waals surface area contributed by atoms with Crippen molar-refractivity contribution < 1.29 is 17.9 Å². The number of imidazole rings is 1. The number of aromatic nitrogens is 3. The predicted octanol–water partition coefficient (Wildman–Crippen LogP) is 3.31. The molecule has 1 amide bonds. The number of benzene rings is 1. The molecule has 2 aromatic heterocycles. The van der Waals surface area contributed by atoms with Gasteiger partial charge in [0.15, 0.2) is 5.65 Å². The number of amides is 1. The lowest BCUT2D eigenvalue weighted by molar-refractivity contribution is 0.0977. The van der Waals surface area contributed by atoms with Crippen LogP contribution in [0.25, 0.3) is 11.2 Å². The molecule has 0 aliphatic rings. The van der Waals surface area contributed by atoms with Gasteiger partial charge in [-0.05, 0) is 43.2 Å². The van der Waals surface area contributed by atoms with Crippen LogP contribution >= 0.6 is 11.6 Å². The average Bonchev–Trinajstić information content (AvgIpc) is 3.02. The van der Waals surface area contributed by atoms with Crippen LogP contribution in [0.15, 0.2) is 30.3 Å². The summed E-state index contributed by atoms with van der Waals surface area (Å²) in [5.74, 6) is 0.473. The number of ether oxygens (including phenoxy) is 1. The van der Waals surface area contributed by atoms with E-state index in [1.807, 2.05) is 30.5 Å². The first-order valence-electron chi connectivity index (χ1n) is 9.45. The van der Waals surface area contributed by atoms with Gasteiger partial charge in [0, 0.05) is 5.02 Å². The molecule has 0 radical (unpaired) electrons. The van der Waals surface area contributed by atoms with Gasteiger partial charge in [-0.15, -0.1) is 0 Å². The van der Waals surface area contributed by atoms with Crippen LogP contribution in [0, 0.1) is 6.92 Å². The number of carbonyl (C=O) groups excluding carboxylic acids is 1. The van der Waals surface area contributed by atoms with Crippen LogP contribution in [0.4, 0.5) is 0 Å². The van der Waals surface area contributed by atoms with Crippen molar-refractivity contribution >= 4 is 38.7 Å². The Balaban J connectivity index is 1.92. The zero-order chi connectivity index (χ0) is 21.9. The molecule has 0 saturated heterocycles. The van der Waals surface area contributed by atoms with Crippen LogP contribution in [0.1, 0.15) is 41.6 Å². The lowest BCUT2D eigenvalue weighted by Gasteiger charge is -2.10. The van der Waals surface area contributed by atoms with Crippen molar-refractivity contribution in [3.63, 3.8) is 0 Å². The van der Waals surface area contributed by atoms with Crippen LogP contribution < -0.4 is 9.46 Å². The SMILES string of the molecule is CCCCS(=O)(=O)NC(=O)c1ccc2nc(C)n(Cc3ccc(OC)cc3Cl)c2n1. The summed E-state index contributed by atoms with van der Waals surface area (Å²) in [6, 6.07) is 8.49. The highest BCUT2D eigenvalue weighted by Gasteiger charge is 2.19. The van der Waals surface area contributed by atoms with Crippen molar-refractivity contribution in [3.8, 4) is 5.75 Å². The van der Waals surface area contributed by atoms with E-state index in [0.717, 1.165) is 5.56 Å². The molecular formula is C20H23ClN4O4S. The molecule has 0 unspecified atom stereocenters. The molecule has 10 heteroatoms. The number of methoxy groups -OCH3 is 1. The summed E-state index contributed by atoms with van der Waals surface area (Å²) in [4.78, 5) is 21.3. The molecule has 3 aromatic rings. The monoisotopic (exact) mass is 450 g/mol. The van der Waals surface area contributed by atoms with Crippen LogP contribution in [-0.2, 0) is 16.6 Å². The summed E-state index contributed by atoms with van der Waals surface area (Å²) in [7, 11) is -2.13. The van der Waals surface area contributed by atoms with Crippen LogP contribution in [0.3, 0.4) is 0 Å². The first-order chi connectivity index (χ1) is 14.2. The summed E-state index contributed by atoms with van der Waals surface area (Å²) < 4.78 is 33.1. The van der Waals surface area contributed by atoms with Gasteiger partial charge in [-0.2, -0.15) is 0 Å². The van der Waals surface area contributed by atoms with Crippen molar-refractivity contribution in [1.82, 2.24) is 19.3 Å². The molecule has 1 N–H and O–H groups in total. The van der Waals surface area contributed by atoms with Crippen molar-refractivity contribution in [2.75, 3.05) is 12.9 Å². The summed E-state index contributed by atoms with van der Waals surface area (Å²) in [5.41, 5.74) is 1.91. The molecule has 0 saturated carbocycles. The minimum atomic E-state index is -3.70. The fourth-order valence-electron chi connectivity index (χ4n) is 2.96. The number of unbranched alkanes of at least 4 members (excludes halogenated alkanes) is 1. The maximum Gasteiger partial charge on any atom is 0.283 e. The largest absolute Gasteiger partial charge is 0.497 e. The van der Waals surface area contributed by atoms with E-state index in [-0.39, 0.29) is 11.4 Å². The Morgan fingerprint density at radius 1 is 1.23 bits per heavy atom. The molecule has 30 heavy (non-hydrogen) atoms. The second-order valence-corrected chi connectivity index (χ2v) is 9.09. The summed E-state index contributed by atoms with van der Waals surface area (Å²) >= 11 is 6.36. The van der Waals surface area contributed by atoms with Gasteiger partial charge < -0.3 is 9.30 Å². The Kier molecular flexibility index (Phi) is 6.62. The first-order valence-corrected chi connectivity index (χ1v) is 11.5. The number of carbonyl (C=O) groups is 1. The van der Waals surface area contributed by atoms with E-state index in [1.54, 1.807) is 19.2 Å². The number of hydrogen-bond acceptors (Lipinski definition) is 6. The van der Waals surface area contributed by atoms with Gasteiger partial charge >= 0.3 is 0 Å². The number of fused-ring (bicyclic) bond motifs is 1. The number of sulfonamides is 1. The molecule has 0 atom stereocenters. The Labute approximate surface area is 180 Å². The maximum absolute atomic E-state index is 12.5. The minimum Gasteiger partial charge on any atom is -0.497 e. The molecule has 0 spiro atoms. The van der Waals surface area contributed by atoms with Gasteiger partial charge in [-0.25, -0.2) is 23.1 Å². The van der Waals surface area contributed by atoms with Crippen LogP contribution in [0.2, 0.25) is 5.02 Å². The Hall–Kier alpha value is -2.65. The van der Waals surface area contributed by atoms with E-state index in [9.17, 15) is 13.2 Å². The highest BCUT2D eigenvalue weighted by Crippen LogP contribution is 2.25. The second kappa shape index (κ2) is 9.01. The molecule has 3 rings (SSSR count). The Morgan fingerprint density at radius 2 is 2.00 bits per heavy atom. The molecular weight excluding hydrogens is 428 g/mol. The van der Waals surface area contributed by atoms with Crippen molar-refractivity contribution in [3.05, 3.63) is 52.4 Å². The average molecular weight is 451 g/mol. The third kappa shape index (κ3) is 4.91. The van der Waals surface area contributed by atoms with Crippen LogP contribution in [-0.4, -0.2) is 41.7 Å². The van der Waals surface area contributed by atoms with Crippen molar-refractivity contribution in [2.24, 2.45) is 0 Å². The molecule has 8 nitrogen and oxygen atoms in total. The molecule has 0 aliphatic heterocycles. The van der Waals surface area contributed by atoms with E-state index in [4.69, 9.17) is 16.3 Å². The van der Waals surface area contributed by atoms with Gasteiger partial charge in [-0.1, -0.05) is 31.0 Å². The van der Waals surface area contributed by atoms with Crippen molar-refractivity contribution in [2.45, 2.75) is 33.2 Å². The third-order valence-electron chi connectivity index (χ3n) is 4.62.